The van der Waals surface area contributed by atoms with Crippen molar-refractivity contribution in [3.63, 3.8) is 0 Å². The first kappa shape index (κ1) is 60.0. The van der Waals surface area contributed by atoms with E-state index in [9.17, 15) is 32.7 Å². The molecular formula is C61H64N6O12S. The molecule has 0 fully saturated rings. The Kier molecular flexibility index (Phi) is 22.1. The van der Waals surface area contributed by atoms with Gasteiger partial charge in [-0.25, -0.2) is 18.0 Å². The van der Waals surface area contributed by atoms with Gasteiger partial charge < -0.3 is 28.8 Å². The molecule has 8 aromatic rings. The van der Waals surface area contributed by atoms with E-state index in [1.807, 2.05) is 91.0 Å². The van der Waals surface area contributed by atoms with Crippen LogP contribution in [0.15, 0.2) is 163 Å². The van der Waals surface area contributed by atoms with Crippen molar-refractivity contribution in [3.05, 3.63) is 180 Å². The summed E-state index contributed by atoms with van der Waals surface area (Å²) in [5.74, 6) is -0.226. The highest BCUT2D eigenvalue weighted by Crippen LogP contribution is 2.27. The lowest BCUT2D eigenvalue weighted by molar-refractivity contribution is -0.141. The van der Waals surface area contributed by atoms with Crippen molar-refractivity contribution in [2.24, 2.45) is 0 Å². The number of carbonyl (C=O) groups is 4. The average molecular weight is 1110 g/mol. The minimum absolute atomic E-state index is 0.0815. The van der Waals surface area contributed by atoms with Gasteiger partial charge in [0.25, 0.3) is 0 Å². The quantitative estimate of drug-likeness (QED) is 0.0166. The van der Waals surface area contributed by atoms with Crippen molar-refractivity contribution in [3.8, 4) is 28.6 Å². The van der Waals surface area contributed by atoms with E-state index in [4.69, 9.17) is 23.7 Å². The number of phenols is 1. The molecule has 80 heavy (non-hydrogen) atoms. The molecule has 0 spiro atoms. The lowest BCUT2D eigenvalue weighted by Gasteiger charge is -2.10. The second-order valence-corrected chi connectivity index (χ2v) is 20.4. The second-order valence-electron chi connectivity index (χ2n) is 18.4. The molecule has 0 amide bonds. The zero-order valence-corrected chi connectivity index (χ0v) is 46.2. The Hall–Kier alpha value is -9.23. The van der Waals surface area contributed by atoms with Gasteiger partial charge in [0, 0.05) is 44.1 Å². The van der Waals surface area contributed by atoms with Crippen LogP contribution in [-0.2, 0) is 56.1 Å². The average Bonchev–Trinajstić information content (AvgIpc) is 4.13. The fraction of sp³-hybridized carbons (Fsp3) is 0.246. The van der Waals surface area contributed by atoms with Crippen LogP contribution in [0.4, 0.5) is 0 Å². The summed E-state index contributed by atoms with van der Waals surface area (Å²) < 4.78 is 49.1. The van der Waals surface area contributed by atoms with E-state index in [2.05, 4.69) is 33.6 Å². The molecular weight excluding hydrogens is 1040 g/mol. The van der Waals surface area contributed by atoms with Crippen molar-refractivity contribution >= 4 is 67.9 Å². The number of ether oxygens (including phenoxy) is 5. The Morgan fingerprint density at radius 1 is 0.537 bits per heavy atom. The first-order valence-electron chi connectivity index (χ1n) is 25.6. The summed E-state index contributed by atoms with van der Waals surface area (Å²) in [6.45, 7) is 14.7. The summed E-state index contributed by atoms with van der Waals surface area (Å²) in [7, 11) is -3.17. The van der Waals surface area contributed by atoms with E-state index in [0.717, 1.165) is 75.8 Å². The summed E-state index contributed by atoms with van der Waals surface area (Å²) in [6.07, 6.45) is 10.0. The zero-order valence-electron chi connectivity index (χ0n) is 45.4. The molecule has 1 N–H and O–H groups in total. The Labute approximate surface area is 464 Å². The van der Waals surface area contributed by atoms with Crippen LogP contribution in [0.3, 0.4) is 0 Å². The number of fused-ring (bicyclic) bond motifs is 2. The number of aromatic hydroxyl groups is 1. The Morgan fingerprint density at radius 2 is 0.988 bits per heavy atom. The van der Waals surface area contributed by atoms with E-state index in [0.29, 0.717) is 59.2 Å². The molecule has 0 bridgehead atoms. The lowest BCUT2D eigenvalue weighted by atomic mass is 10.1. The number of rotatable bonds is 22. The lowest BCUT2D eigenvalue weighted by Crippen LogP contribution is -2.10. The standard InChI is InChI=1S/C23H28O5S.C20H19N3O4.C18H17N3O3/c1-19(24)27-17-5-3-4-6-18-28-22-13-9-20(10-14-22)7-8-21-11-15-23(16-12-21)29(2,25)26;1-13(2)20(25)26-11-10-15-8-9-19(27-14(3)24)18(12-15)23-21-16-6-4-5-7-17(16)22-23;1-12(2)18(23)24-10-9-13-7-8-17(22)16(11-13)21-19-14-5-3-4-6-15(14)20-21/h7-16H,3-6,17-18H2,1-2H3;4-9,12H,1,10-11H2,2-3H3;3-8,11,22H,1,9-10H2,2H3/b8-7+;;. The number of hydrogen-bond donors (Lipinski definition) is 1. The van der Waals surface area contributed by atoms with E-state index < -0.39 is 27.7 Å². The molecule has 19 heteroatoms. The Balaban J connectivity index is 0.000000194. The first-order valence-corrected chi connectivity index (χ1v) is 27.5. The Morgan fingerprint density at radius 3 is 1.45 bits per heavy atom. The van der Waals surface area contributed by atoms with Gasteiger partial charge in [0.1, 0.15) is 44.9 Å². The maximum absolute atomic E-state index is 11.5. The fourth-order valence-electron chi connectivity index (χ4n) is 7.36. The largest absolute Gasteiger partial charge is 0.506 e. The highest BCUT2D eigenvalue weighted by Gasteiger charge is 2.15. The summed E-state index contributed by atoms with van der Waals surface area (Å²) in [5, 5.41) is 27.7. The normalized spacial score (nSPS) is 11.0. The summed E-state index contributed by atoms with van der Waals surface area (Å²) in [6, 6.07) is 40.0. The van der Waals surface area contributed by atoms with Gasteiger partial charge in [-0.1, -0.05) is 86.0 Å². The summed E-state index contributed by atoms with van der Waals surface area (Å²) in [5.41, 5.74) is 8.45. The van der Waals surface area contributed by atoms with Crippen LogP contribution in [0, 0.1) is 0 Å². The molecule has 0 aliphatic rings. The van der Waals surface area contributed by atoms with E-state index in [1.54, 1.807) is 68.4 Å². The Bertz CT molecular complexity index is 3520. The topological polar surface area (TPSA) is 230 Å². The number of nitrogens with zero attached hydrogens (tertiary/aromatic N) is 6. The third-order valence-electron chi connectivity index (χ3n) is 11.5. The van der Waals surface area contributed by atoms with Gasteiger partial charge in [-0.15, -0.1) is 30.0 Å². The van der Waals surface area contributed by atoms with Crippen LogP contribution >= 0.6 is 0 Å². The number of hydrogen-bond acceptors (Lipinski definition) is 16. The number of unbranched alkanes of at least 4 members (excludes halogenated alkanes) is 3. The highest BCUT2D eigenvalue weighted by atomic mass is 32.2. The fourth-order valence-corrected chi connectivity index (χ4v) is 7.99. The van der Waals surface area contributed by atoms with Crippen LogP contribution in [0.25, 0.3) is 45.6 Å². The molecule has 416 valence electrons. The summed E-state index contributed by atoms with van der Waals surface area (Å²) >= 11 is 0. The molecule has 0 radical (unpaired) electrons. The maximum Gasteiger partial charge on any atom is 0.333 e. The number of esters is 4. The SMILES string of the molecule is C=C(C)C(=O)OCCc1ccc(O)c(-n2nc3ccccc3n2)c1.C=C(C)C(=O)OCCc1ccc(OC(C)=O)c(-n2nc3ccccc3n2)c1.CC(=O)OCCCCCCOc1ccc(/C=C/c2ccc(S(C)(=O)=O)cc2)cc1. The van der Waals surface area contributed by atoms with Gasteiger partial charge in [-0.3, -0.25) is 9.59 Å². The van der Waals surface area contributed by atoms with Gasteiger partial charge in [0.15, 0.2) is 15.6 Å². The number of phenolic OH excluding ortho intramolecular Hbond substituents is 1. The second kappa shape index (κ2) is 29.5. The van der Waals surface area contributed by atoms with Crippen molar-refractivity contribution in [2.45, 2.75) is 71.1 Å². The maximum atomic E-state index is 11.5. The smallest absolute Gasteiger partial charge is 0.333 e. The van der Waals surface area contributed by atoms with Crippen LogP contribution in [0.2, 0.25) is 0 Å². The van der Waals surface area contributed by atoms with Crippen LogP contribution in [0.1, 0.15) is 75.6 Å². The third-order valence-corrected chi connectivity index (χ3v) is 12.7. The number of carbonyl (C=O) groups excluding carboxylic acids is 4. The number of benzene rings is 6. The minimum Gasteiger partial charge on any atom is -0.506 e. The van der Waals surface area contributed by atoms with Crippen molar-refractivity contribution < 1.29 is 56.4 Å². The van der Waals surface area contributed by atoms with Crippen LogP contribution in [-0.4, -0.2) is 100 Å². The zero-order chi connectivity index (χ0) is 57.6. The van der Waals surface area contributed by atoms with Crippen molar-refractivity contribution in [1.82, 2.24) is 30.0 Å². The molecule has 0 unspecified atom stereocenters. The molecule has 2 heterocycles. The molecule has 2 aromatic heterocycles. The molecule has 0 aliphatic heterocycles. The number of aromatic nitrogens is 6. The molecule has 0 saturated carbocycles. The van der Waals surface area contributed by atoms with Crippen LogP contribution < -0.4 is 9.47 Å². The van der Waals surface area contributed by atoms with Crippen LogP contribution in [0.5, 0.6) is 17.2 Å². The van der Waals surface area contributed by atoms with E-state index in [1.165, 1.54) is 29.7 Å². The van der Waals surface area contributed by atoms with E-state index in [-0.39, 0.29) is 24.9 Å². The molecule has 0 atom stereocenters. The molecule has 6 aromatic carbocycles. The van der Waals surface area contributed by atoms with E-state index >= 15 is 0 Å². The molecule has 0 aliphatic carbocycles. The van der Waals surface area contributed by atoms with Crippen molar-refractivity contribution in [2.75, 3.05) is 32.7 Å². The van der Waals surface area contributed by atoms with Gasteiger partial charge in [-0.2, -0.15) is 0 Å². The highest BCUT2D eigenvalue weighted by molar-refractivity contribution is 7.90. The van der Waals surface area contributed by atoms with Crippen molar-refractivity contribution in [1.29, 1.82) is 0 Å². The number of sulfone groups is 1. The van der Waals surface area contributed by atoms with Gasteiger partial charge in [0.05, 0.1) is 31.3 Å². The summed E-state index contributed by atoms with van der Waals surface area (Å²) in [4.78, 5) is 48.1. The third kappa shape index (κ3) is 19.0. The molecule has 0 saturated heterocycles. The van der Waals surface area contributed by atoms with Gasteiger partial charge in [0.2, 0.25) is 0 Å². The molecule has 8 rings (SSSR count). The van der Waals surface area contributed by atoms with Gasteiger partial charge in [-0.05, 0) is 135 Å². The predicted molar refractivity (Wildman–Crippen MR) is 305 cm³/mol. The first-order chi connectivity index (χ1) is 38.3. The van der Waals surface area contributed by atoms with Gasteiger partial charge >= 0.3 is 23.9 Å². The monoisotopic (exact) mass is 1100 g/mol. The minimum atomic E-state index is -3.17. The molecule has 18 nitrogen and oxygen atoms in total. The predicted octanol–water partition coefficient (Wildman–Crippen LogP) is 10.6.